The fourth-order valence-corrected chi connectivity index (χ4v) is 5.31. The van der Waals surface area contributed by atoms with Gasteiger partial charge in [-0.25, -0.2) is 9.07 Å². The molecule has 1 N–H and O–H groups in total. The molecule has 2 heterocycles. The second kappa shape index (κ2) is 10.9. The van der Waals surface area contributed by atoms with Crippen LogP contribution in [0.25, 0.3) is 5.69 Å². The number of rotatable bonds is 5. The van der Waals surface area contributed by atoms with Crippen LogP contribution in [0.2, 0.25) is 0 Å². The number of hydrogen-bond acceptors (Lipinski definition) is 3. The van der Waals surface area contributed by atoms with Crippen LogP contribution in [0.15, 0.2) is 72.8 Å². The van der Waals surface area contributed by atoms with Gasteiger partial charge in [-0.3, -0.25) is 14.5 Å². The second-order valence-electron chi connectivity index (χ2n) is 9.90. The Hall–Kier alpha value is -4.68. The zero-order valence-corrected chi connectivity index (χ0v) is 22.6. The van der Waals surface area contributed by atoms with Crippen molar-refractivity contribution in [3.8, 4) is 5.69 Å². The first-order chi connectivity index (χ1) is 20.2. The molecular weight excluding hydrogens is 581 g/mol. The lowest BCUT2D eigenvalue weighted by atomic mass is 9.80. The van der Waals surface area contributed by atoms with Crippen LogP contribution in [-0.4, -0.2) is 34.2 Å². The summed E-state index contributed by atoms with van der Waals surface area (Å²) in [5, 5.41) is 7.02. The molecule has 0 radical (unpaired) electrons. The normalized spacial score (nSPS) is 17.1. The summed E-state index contributed by atoms with van der Waals surface area (Å²) >= 11 is 0. The number of para-hydroxylation sites is 1. The average Bonchev–Trinajstić information content (AvgIpc) is 3.29. The molecule has 13 heteroatoms. The van der Waals surface area contributed by atoms with Gasteiger partial charge < -0.3 is 5.32 Å². The van der Waals surface area contributed by atoms with Crippen LogP contribution in [0.3, 0.4) is 0 Å². The summed E-state index contributed by atoms with van der Waals surface area (Å²) in [5.74, 6) is -4.39. The number of likely N-dealkylation sites (N-methyl/N-ethyl adjacent to an activating group) is 1. The standard InChI is InChI=1S/C30H23F7N4O2/c1-3-40-27-23(16(2)39-41(27)20-10-5-4-6-11-20)24(17-12-13-22(31)21(15-17)30(35,36)37)25(28(40)43)38-26(42)18-8-7-9-19(14-18)29(32,33)34/h4-15,24-25H,3H2,1-2H3,(H,38,42). The number of amides is 2. The topological polar surface area (TPSA) is 67.2 Å². The predicted molar refractivity (Wildman–Crippen MR) is 142 cm³/mol. The summed E-state index contributed by atoms with van der Waals surface area (Å²) in [5.41, 5.74) is -2.10. The van der Waals surface area contributed by atoms with Gasteiger partial charge in [-0.2, -0.15) is 31.4 Å². The van der Waals surface area contributed by atoms with Crippen LogP contribution in [0, 0.1) is 12.7 Å². The molecule has 224 valence electrons. The van der Waals surface area contributed by atoms with E-state index in [4.69, 9.17) is 0 Å². The number of nitrogens with one attached hydrogen (secondary N) is 1. The summed E-state index contributed by atoms with van der Waals surface area (Å²) < 4.78 is 97.0. The molecule has 1 aromatic heterocycles. The molecule has 0 aliphatic carbocycles. The maximum Gasteiger partial charge on any atom is 0.419 e. The minimum Gasteiger partial charge on any atom is -0.339 e. The first-order valence-electron chi connectivity index (χ1n) is 13.0. The number of anilines is 1. The van der Waals surface area contributed by atoms with E-state index in [9.17, 15) is 40.3 Å². The monoisotopic (exact) mass is 604 g/mol. The van der Waals surface area contributed by atoms with Gasteiger partial charge in [-0.05, 0) is 61.9 Å². The quantitative estimate of drug-likeness (QED) is 0.260. The van der Waals surface area contributed by atoms with Crippen molar-refractivity contribution < 1.29 is 40.3 Å². The smallest absolute Gasteiger partial charge is 0.339 e. The van der Waals surface area contributed by atoms with E-state index in [-0.39, 0.29) is 17.9 Å². The highest BCUT2D eigenvalue weighted by atomic mass is 19.4. The number of halogens is 7. The number of benzene rings is 3. The van der Waals surface area contributed by atoms with Gasteiger partial charge in [-0.1, -0.05) is 30.3 Å². The van der Waals surface area contributed by atoms with Crippen molar-refractivity contribution in [1.82, 2.24) is 15.1 Å². The van der Waals surface area contributed by atoms with Gasteiger partial charge in [0.15, 0.2) is 0 Å². The Kier molecular flexibility index (Phi) is 7.53. The molecule has 0 saturated carbocycles. The molecule has 0 bridgehead atoms. The molecule has 2 amide bonds. The number of aryl methyl sites for hydroxylation is 1. The third kappa shape index (κ3) is 5.46. The molecule has 2 unspecified atom stereocenters. The van der Waals surface area contributed by atoms with Gasteiger partial charge in [-0.15, -0.1) is 0 Å². The molecule has 0 saturated heterocycles. The summed E-state index contributed by atoms with van der Waals surface area (Å²) in [6.07, 6.45) is -9.82. The van der Waals surface area contributed by atoms with Gasteiger partial charge in [0.1, 0.15) is 17.7 Å². The van der Waals surface area contributed by atoms with Crippen molar-refractivity contribution in [2.24, 2.45) is 0 Å². The number of hydrogen-bond donors (Lipinski definition) is 1. The zero-order chi connectivity index (χ0) is 31.3. The van der Waals surface area contributed by atoms with E-state index in [2.05, 4.69) is 10.4 Å². The van der Waals surface area contributed by atoms with Crippen molar-refractivity contribution in [2.75, 3.05) is 11.4 Å². The molecule has 2 atom stereocenters. The maximum absolute atomic E-state index is 14.3. The van der Waals surface area contributed by atoms with E-state index in [0.29, 0.717) is 35.1 Å². The minimum atomic E-state index is -5.07. The highest BCUT2D eigenvalue weighted by molar-refractivity contribution is 6.05. The van der Waals surface area contributed by atoms with E-state index < -0.39 is 58.6 Å². The first-order valence-corrected chi connectivity index (χ1v) is 13.0. The van der Waals surface area contributed by atoms with Crippen molar-refractivity contribution >= 4 is 17.6 Å². The number of fused-ring (bicyclic) bond motifs is 1. The number of aromatic nitrogens is 2. The van der Waals surface area contributed by atoms with Crippen molar-refractivity contribution in [3.05, 3.63) is 112 Å². The number of carbonyl (C=O) groups excluding carboxylic acids is 2. The number of alkyl halides is 6. The fraction of sp³-hybridized carbons (Fsp3) is 0.233. The van der Waals surface area contributed by atoms with Gasteiger partial charge in [0.2, 0.25) is 0 Å². The first kappa shape index (κ1) is 29.8. The van der Waals surface area contributed by atoms with Crippen LogP contribution in [0.1, 0.15) is 51.1 Å². The van der Waals surface area contributed by atoms with E-state index in [1.165, 1.54) is 9.58 Å². The number of carbonyl (C=O) groups is 2. The number of nitrogens with zero attached hydrogens (tertiary/aromatic N) is 3. The van der Waals surface area contributed by atoms with E-state index in [1.807, 2.05) is 0 Å². The van der Waals surface area contributed by atoms with Gasteiger partial charge in [0, 0.05) is 23.6 Å². The Labute approximate surface area is 240 Å². The molecule has 5 rings (SSSR count). The highest BCUT2D eigenvalue weighted by Crippen LogP contribution is 2.45. The van der Waals surface area contributed by atoms with Crippen molar-refractivity contribution in [2.45, 2.75) is 38.2 Å². The van der Waals surface area contributed by atoms with Crippen molar-refractivity contribution in [1.29, 1.82) is 0 Å². The van der Waals surface area contributed by atoms with Crippen LogP contribution in [-0.2, 0) is 17.1 Å². The minimum absolute atomic E-state index is 0.0592. The van der Waals surface area contributed by atoms with Gasteiger partial charge in [0.25, 0.3) is 11.8 Å². The van der Waals surface area contributed by atoms with E-state index in [1.54, 1.807) is 44.2 Å². The average molecular weight is 605 g/mol. The fourth-order valence-electron chi connectivity index (χ4n) is 5.31. The van der Waals surface area contributed by atoms with Crippen LogP contribution in [0.5, 0.6) is 0 Å². The molecular formula is C30H23F7N4O2. The zero-order valence-electron chi connectivity index (χ0n) is 22.6. The van der Waals surface area contributed by atoms with E-state index in [0.717, 1.165) is 24.3 Å². The van der Waals surface area contributed by atoms with E-state index >= 15 is 0 Å². The molecule has 4 aromatic rings. The Balaban J connectivity index is 1.71. The highest BCUT2D eigenvalue weighted by Gasteiger charge is 2.46. The summed E-state index contributed by atoms with van der Waals surface area (Å²) in [7, 11) is 0. The van der Waals surface area contributed by atoms with Crippen LogP contribution in [0.4, 0.5) is 36.6 Å². The lowest BCUT2D eigenvalue weighted by Gasteiger charge is -2.38. The Morgan fingerprint density at radius 2 is 1.63 bits per heavy atom. The molecule has 0 fully saturated rings. The maximum atomic E-state index is 14.3. The molecule has 43 heavy (non-hydrogen) atoms. The largest absolute Gasteiger partial charge is 0.419 e. The van der Waals surface area contributed by atoms with Gasteiger partial charge >= 0.3 is 12.4 Å². The summed E-state index contributed by atoms with van der Waals surface area (Å²) in [6, 6.07) is 12.9. The summed E-state index contributed by atoms with van der Waals surface area (Å²) in [4.78, 5) is 28.6. The lowest BCUT2D eigenvalue weighted by molar-refractivity contribution is -0.140. The molecule has 1 aliphatic rings. The Morgan fingerprint density at radius 3 is 2.26 bits per heavy atom. The van der Waals surface area contributed by atoms with Gasteiger partial charge in [0.05, 0.1) is 22.5 Å². The Morgan fingerprint density at radius 1 is 0.930 bits per heavy atom. The molecule has 6 nitrogen and oxygen atoms in total. The third-order valence-electron chi connectivity index (χ3n) is 7.22. The predicted octanol–water partition coefficient (Wildman–Crippen LogP) is 6.65. The Bertz CT molecular complexity index is 1700. The van der Waals surface area contributed by atoms with Crippen molar-refractivity contribution in [3.63, 3.8) is 0 Å². The lowest BCUT2D eigenvalue weighted by Crippen LogP contribution is -2.55. The third-order valence-corrected chi connectivity index (χ3v) is 7.22. The second-order valence-corrected chi connectivity index (χ2v) is 9.90. The molecule has 0 spiro atoms. The molecule has 3 aromatic carbocycles. The van der Waals surface area contributed by atoms with Crippen LogP contribution >= 0.6 is 0 Å². The molecule has 1 aliphatic heterocycles. The van der Waals surface area contributed by atoms with Crippen LogP contribution < -0.4 is 10.2 Å². The summed E-state index contributed by atoms with van der Waals surface area (Å²) in [6.45, 7) is 3.28. The SMILES string of the molecule is CCN1C(=O)C(NC(=O)c2cccc(C(F)(F)F)c2)C(c2ccc(F)c(C(F)(F)F)c2)c2c(C)nn(-c3ccccc3)c21.